The first kappa shape index (κ1) is 43.3. The second kappa shape index (κ2) is 20.1. The monoisotopic (exact) mass is 784 g/mol. The summed E-state index contributed by atoms with van der Waals surface area (Å²) >= 11 is 0. The lowest BCUT2D eigenvalue weighted by Gasteiger charge is -2.39. The Bertz CT molecular complexity index is 1780. The molecular weight excluding hydrogens is 725 g/mol. The summed E-state index contributed by atoms with van der Waals surface area (Å²) in [6, 6.07) is 24.0. The minimum absolute atomic E-state index is 0.0107. The van der Waals surface area contributed by atoms with Crippen molar-refractivity contribution in [3.63, 3.8) is 0 Å². The zero-order valence-electron chi connectivity index (χ0n) is 34.4. The molecule has 0 saturated carbocycles. The number of aliphatic hydroxyl groups is 1. The quantitative estimate of drug-likeness (QED) is 0.149. The molecule has 57 heavy (non-hydrogen) atoms. The normalized spacial score (nSPS) is 18.6. The Morgan fingerprint density at radius 1 is 0.895 bits per heavy atom. The van der Waals surface area contributed by atoms with Gasteiger partial charge in [-0.15, -0.1) is 0 Å². The lowest BCUT2D eigenvalue weighted by atomic mass is 9.90. The molecule has 1 aliphatic carbocycles. The van der Waals surface area contributed by atoms with Crippen LogP contribution in [0.5, 0.6) is 0 Å². The summed E-state index contributed by atoms with van der Waals surface area (Å²) in [4.78, 5) is 57.4. The number of hydrogen-bond donors (Lipinski definition) is 3. The molecule has 3 aromatic carbocycles. The summed E-state index contributed by atoms with van der Waals surface area (Å²) in [6.07, 6.45) is -0.650. The standard InChI is InChI=1S/C45H60N4O8/c1-8-28(2)41(48(5)40(51)26-46-45(54)57-27-36-34-21-14-12-19-32(34)33-20-13-15-22-35(33)36)38(55-6)25-39(50)49-24-16-23-37(49)43(56-7)29(3)44(53)47-30(4)42(52)31-17-10-9-11-18-31/h9-15,17-22,28-30,36-38,41-43,52H,8,16,23-27H2,1-7H3,(H,46,54)(H,47,53)/t28?,29?,30-,37?,38?,41?,42?,43?/m1/s1. The van der Waals surface area contributed by atoms with E-state index in [0.29, 0.717) is 18.5 Å². The predicted molar refractivity (Wildman–Crippen MR) is 218 cm³/mol. The van der Waals surface area contributed by atoms with Crippen LogP contribution in [0.2, 0.25) is 0 Å². The Kier molecular flexibility index (Phi) is 15.3. The molecule has 0 spiro atoms. The van der Waals surface area contributed by atoms with Crippen LogP contribution >= 0.6 is 0 Å². The van der Waals surface area contributed by atoms with E-state index in [-0.39, 0.29) is 55.2 Å². The van der Waals surface area contributed by atoms with Crippen molar-refractivity contribution in [3.05, 3.63) is 95.6 Å². The van der Waals surface area contributed by atoms with Crippen LogP contribution in [0.15, 0.2) is 78.9 Å². The van der Waals surface area contributed by atoms with Gasteiger partial charge in [-0.1, -0.05) is 106 Å². The molecule has 12 heteroatoms. The fourth-order valence-electron chi connectivity index (χ4n) is 8.62. The van der Waals surface area contributed by atoms with E-state index in [2.05, 4.69) is 22.8 Å². The fraction of sp³-hybridized carbons (Fsp3) is 0.511. The maximum absolute atomic E-state index is 14.1. The number of likely N-dealkylation sites (N-methyl/N-ethyl adjacent to an activating group) is 1. The lowest BCUT2D eigenvalue weighted by molar-refractivity contribution is -0.145. The number of nitrogens with one attached hydrogen (secondary N) is 2. The van der Waals surface area contributed by atoms with E-state index in [0.717, 1.165) is 35.1 Å². The molecule has 1 fully saturated rings. The number of methoxy groups -OCH3 is 2. The number of alkyl carbamates (subject to hydrolysis) is 1. The topological polar surface area (TPSA) is 147 Å². The summed E-state index contributed by atoms with van der Waals surface area (Å²) < 4.78 is 17.5. The van der Waals surface area contributed by atoms with Gasteiger partial charge in [0.05, 0.1) is 48.8 Å². The van der Waals surface area contributed by atoms with Gasteiger partial charge in [0.2, 0.25) is 17.7 Å². The molecule has 7 unspecified atom stereocenters. The third-order valence-corrected chi connectivity index (χ3v) is 12.0. The zero-order valence-corrected chi connectivity index (χ0v) is 34.4. The minimum Gasteiger partial charge on any atom is -0.449 e. The Labute approximate surface area is 337 Å². The predicted octanol–water partition coefficient (Wildman–Crippen LogP) is 5.68. The van der Waals surface area contributed by atoms with E-state index in [1.165, 1.54) is 7.11 Å². The number of aliphatic hydroxyl groups excluding tert-OH is 1. The number of carbonyl (C=O) groups excluding carboxylic acids is 4. The molecule has 3 aromatic rings. The molecule has 1 saturated heterocycles. The molecule has 8 atom stereocenters. The van der Waals surface area contributed by atoms with Crippen molar-refractivity contribution in [1.29, 1.82) is 0 Å². The third-order valence-electron chi connectivity index (χ3n) is 12.0. The highest BCUT2D eigenvalue weighted by molar-refractivity contribution is 5.83. The molecular formula is C45H60N4O8. The van der Waals surface area contributed by atoms with Crippen LogP contribution in [0.25, 0.3) is 11.1 Å². The van der Waals surface area contributed by atoms with Crippen LogP contribution in [0.3, 0.4) is 0 Å². The van der Waals surface area contributed by atoms with Gasteiger partial charge in [0.15, 0.2) is 0 Å². The Balaban J connectivity index is 1.17. The van der Waals surface area contributed by atoms with Gasteiger partial charge in [-0.3, -0.25) is 14.4 Å². The summed E-state index contributed by atoms with van der Waals surface area (Å²) in [5.41, 5.74) is 5.16. The smallest absolute Gasteiger partial charge is 0.407 e. The van der Waals surface area contributed by atoms with Gasteiger partial charge in [0.25, 0.3) is 0 Å². The number of nitrogens with zero attached hydrogens (tertiary/aromatic N) is 2. The van der Waals surface area contributed by atoms with Gasteiger partial charge in [-0.05, 0) is 53.5 Å². The number of amides is 4. The van der Waals surface area contributed by atoms with E-state index in [1.54, 1.807) is 37.8 Å². The molecule has 1 heterocycles. The van der Waals surface area contributed by atoms with Crippen molar-refractivity contribution in [2.45, 2.75) is 95.7 Å². The van der Waals surface area contributed by atoms with Crippen molar-refractivity contribution >= 4 is 23.8 Å². The number of benzene rings is 3. The zero-order chi connectivity index (χ0) is 41.2. The molecule has 12 nitrogen and oxygen atoms in total. The van der Waals surface area contributed by atoms with E-state index in [4.69, 9.17) is 14.2 Å². The third kappa shape index (κ3) is 10.0. The minimum atomic E-state index is -0.883. The van der Waals surface area contributed by atoms with Gasteiger partial charge < -0.3 is 39.8 Å². The van der Waals surface area contributed by atoms with Crippen LogP contribution < -0.4 is 10.6 Å². The van der Waals surface area contributed by atoms with Crippen LogP contribution in [0.4, 0.5) is 4.79 Å². The van der Waals surface area contributed by atoms with Gasteiger partial charge in [0.1, 0.15) is 13.2 Å². The van der Waals surface area contributed by atoms with E-state index >= 15 is 0 Å². The molecule has 0 radical (unpaired) electrons. The molecule has 2 aliphatic rings. The van der Waals surface area contributed by atoms with E-state index in [9.17, 15) is 24.3 Å². The molecule has 0 aromatic heterocycles. The average molecular weight is 785 g/mol. The molecule has 1 aliphatic heterocycles. The highest BCUT2D eigenvalue weighted by atomic mass is 16.5. The second-order valence-electron chi connectivity index (χ2n) is 15.5. The maximum Gasteiger partial charge on any atom is 0.407 e. The van der Waals surface area contributed by atoms with Crippen molar-refractivity contribution in [2.75, 3.05) is 41.0 Å². The van der Waals surface area contributed by atoms with Crippen LogP contribution in [0.1, 0.15) is 82.1 Å². The fourth-order valence-corrected chi connectivity index (χ4v) is 8.62. The Morgan fingerprint density at radius 2 is 1.51 bits per heavy atom. The maximum atomic E-state index is 14.1. The van der Waals surface area contributed by atoms with Crippen molar-refractivity contribution in [2.24, 2.45) is 11.8 Å². The second-order valence-corrected chi connectivity index (χ2v) is 15.5. The molecule has 0 bridgehead atoms. The first-order chi connectivity index (χ1) is 27.4. The SMILES string of the molecule is CCC(C)C(C(CC(=O)N1CCCC1C(OC)C(C)C(=O)N[C@H](C)C(O)c1ccccc1)OC)N(C)C(=O)CNC(=O)OCC1c2ccccc2-c2ccccc21. The number of likely N-dealkylation sites (tertiary alicyclic amines) is 1. The van der Waals surface area contributed by atoms with E-state index < -0.39 is 42.4 Å². The summed E-state index contributed by atoms with van der Waals surface area (Å²) in [7, 11) is 4.76. The molecule has 4 amide bonds. The summed E-state index contributed by atoms with van der Waals surface area (Å²) in [5.74, 6) is -1.52. The van der Waals surface area contributed by atoms with Gasteiger partial charge >= 0.3 is 6.09 Å². The number of carbonyl (C=O) groups is 4. The first-order valence-corrected chi connectivity index (χ1v) is 20.1. The van der Waals surface area contributed by atoms with Crippen molar-refractivity contribution in [3.8, 4) is 11.1 Å². The Morgan fingerprint density at radius 3 is 2.11 bits per heavy atom. The highest BCUT2D eigenvalue weighted by Gasteiger charge is 2.42. The van der Waals surface area contributed by atoms with Crippen LogP contribution in [0, 0.1) is 11.8 Å². The average Bonchev–Trinajstić information content (AvgIpc) is 3.85. The van der Waals surface area contributed by atoms with Gasteiger partial charge in [-0.2, -0.15) is 0 Å². The molecule has 3 N–H and O–H groups in total. The van der Waals surface area contributed by atoms with Gasteiger partial charge in [0, 0.05) is 33.7 Å². The first-order valence-electron chi connectivity index (χ1n) is 20.1. The Hall–Kier alpha value is -4.78. The molecule has 5 rings (SSSR count). The van der Waals surface area contributed by atoms with Crippen molar-refractivity contribution in [1.82, 2.24) is 20.4 Å². The highest BCUT2D eigenvalue weighted by Crippen LogP contribution is 2.44. The van der Waals surface area contributed by atoms with E-state index in [1.807, 2.05) is 80.6 Å². The number of ether oxygens (including phenoxy) is 3. The largest absolute Gasteiger partial charge is 0.449 e. The number of fused-ring (bicyclic) bond motifs is 3. The number of rotatable bonds is 18. The van der Waals surface area contributed by atoms with Gasteiger partial charge in [-0.25, -0.2) is 4.79 Å². The summed E-state index contributed by atoms with van der Waals surface area (Å²) in [6.45, 7) is 7.92. The van der Waals surface area contributed by atoms with Crippen LogP contribution in [-0.2, 0) is 28.6 Å². The number of hydrogen-bond acceptors (Lipinski definition) is 8. The van der Waals surface area contributed by atoms with Crippen LogP contribution in [-0.4, -0.2) is 110 Å². The molecule has 308 valence electrons. The lowest BCUT2D eigenvalue weighted by Crippen LogP contribution is -2.54. The van der Waals surface area contributed by atoms with Crippen molar-refractivity contribution < 1.29 is 38.5 Å². The summed E-state index contributed by atoms with van der Waals surface area (Å²) in [5, 5.41) is 16.4.